The van der Waals surface area contributed by atoms with E-state index in [0.717, 1.165) is 17.1 Å². The number of carbonyl (C=O) groups is 1. The van der Waals surface area contributed by atoms with Crippen molar-refractivity contribution >= 4 is 29.1 Å². The zero-order valence-corrected chi connectivity index (χ0v) is 12.4. The molecule has 0 aliphatic carbocycles. The summed E-state index contributed by atoms with van der Waals surface area (Å²) in [6.07, 6.45) is 3.10. The molecule has 1 heterocycles. The lowest BCUT2D eigenvalue weighted by Crippen LogP contribution is -2.40. The summed E-state index contributed by atoms with van der Waals surface area (Å²) in [6, 6.07) is 3.83. The maximum absolute atomic E-state index is 11.6. The molecule has 0 radical (unpaired) electrons. The van der Waals surface area contributed by atoms with E-state index in [-0.39, 0.29) is 12.1 Å². The minimum atomic E-state index is -0.144. The molecule has 0 aliphatic rings. The molecule has 0 fully saturated rings. The molecule has 0 saturated carbocycles. The number of nitrogens with one attached hydrogen (secondary N) is 2. The Morgan fingerprint density at radius 2 is 2.39 bits per heavy atom. The zero-order valence-electron chi connectivity index (χ0n) is 10.8. The monoisotopic (exact) mass is 288 g/mol. The number of urea groups is 1. The van der Waals surface area contributed by atoms with Crippen LogP contribution in [0.4, 0.5) is 4.79 Å². The summed E-state index contributed by atoms with van der Waals surface area (Å²) in [4.78, 5) is 12.7. The maximum Gasteiger partial charge on any atom is 0.315 e. The van der Waals surface area contributed by atoms with Crippen LogP contribution in [0.2, 0.25) is 0 Å². The lowest BCUT2D eigenvalue weighted by Gasteiger charge is -2.15. The summed E-state index contributed by atoms with van der Waals surface area (Å²) in [7, 11) is 1.68. The predicted molar refractivity (Wildman–Crippen MR) is 78.4 cm³/mol. The topological polar surface area (TPSA) is 50.4 Å². The van der Waals surface area contributed by atoms with Gasteiger partial charge in [0, 0.05) is 18.5 Å². The van der Waals surface area contributed by atoms with Crippen LogP contribution >= 0.6 is 23.1 Å². The van der Waals surface area contributed by atoms with E-state index in [1.165, 1.54) is 0 Å². The van der Waals surface area contributed by atoms with Crippen molar-refractivity contribution in [3.05, 3.63) is 22.4 Å². The van der Waals surface area contributed by atoms with Crippen molar-refractivity contribution in [2.75, 3.05) is 25.7 Å². The van der Waals surface area contributed by atoms with Gasteiger partial charge in [-0.3, -0.25) is 0 Å². The highest BCUT2D eigenvalue weighted by molar-refractivity contribution is 7.98. The molecule has 0 aromatic carbocycles. The van der Waals surface area contributed by atoms with Crippen molar-refractivity contribution in [2.45, 2.75) is 19.1 Å². The van der Waals surface area contributed by atoms with Crippen LogP contribution < -0.4 is 10.6 Å². The molecule has 0 saturated heterocycles. The molecule has 0 spiro atoms. The van der Waals surface area contributed by atoms with Gasteiger partial charge in [-0.25, -0.2) is 4.79 Å². The quantitative estimate of drug-likeness (QED) is 0.772. The molecule has 0 aliphatic heterocycles. The van der Waals surface area contributed by atoms with Crippen LogP contribution in [0, 0.1) is 0 Å². The molecule has 1 aromatic heterocycles. The molecular weight excluding hydrogens is 268 g/mol. The van der Waals surface area contributed by atoms with Gasteiger partial charge in [0.05, 0.1) is 12.6 Å². The third kappa shape index (κ3) is 6.28. The number of ether oxygens (including phenoxy) is 1. The molecule has 102 valence electrons. The molecular formula is C12H20N2O2S2. The Morgan fingerprint density at radius 1 is 1.56 bits per heavy atom. The van der Waals surface area contributed by atoms with Crippen molar-refractivity contribution in [3.63, 3.8) is 0 Å². The van der Waals surface area contributed by atoms with Gasteiger partial charge in [0.15, 0.2) is 0 Å². The second-order valence-corrected chi connectivity index (χ2v) is 5.80. The van der Waals surface area contributed by atoms with Gasteiger partial charge < -0.3 is 15.4 Å². The number of hydrogen-bond acceptors (Lipinski definition) is 4. The van der Waals surface area contributed by atoms with Crippen molar-refractivity contribution in [1.82, 2.24) is 10.6 Å². The number of methoxy groups -OCH3 is 1. The lowest BCUT2D eigenvalue weighted by atomic mass is 10.3. The number of rotatable bonds is 8. The molecule has 4 nitrogen and oxygen atoms in total. The fraction of sp³-hybridized carbons (Fsp3) is 0.583. The van der Waals surface area contributed by atoms with Gasteiger partial charge in [0.25, 0.3) is 0 Å². The van der Waals surface area contributed by atoms with Crippen molar-refractivity contribution in [2.24, 2.45) is 0 Å². The first-order chi connectivity index (χ1) is 8.76. The standard InChI is InChI=1S/C12H20N2O2S2/c1-16-10(5-7-17-2)8-13-12(15)14-9-11-4-3-6-18-11/h3-4,6,10H,5,7-9H2,1-2H3,(H2,13,14,15). The third-order valence-electron chi connectivity index (χ3n) is 2.47. The Labute approximate surface area is 116 Å². The normalized spacial score (nSPS) is 12.1. The van der Waals surface area contributed by atoms with E-state index in [1.807, 2.05) is 17.5 Å². The van der Waals surface area contributed by atoms with Crippen molar-refractivity contribution in [3.8, 4) is 0 Å². The molecule has 2 amide bonds. The van der Waals surface area contributed by atoms with Crippen LogP contribution in [-0.2, 0) is 11.3 Å². The Hall–Kier alpha value is -0.720. The highest BCUT2D eigenvalue weighted by atomic mass is 32.2. The Kier molecular flexibility index (Phi) is 7.88. The van der Waals surface area contributed by atoms with Crippen molar-refractivity contribution in [1.29, 1.82) is 0 Å². The zero-order chi connectivity index (χ0) is 13.2. The number of thiophene rings is 1. The van der Waals surface area contributed by atoms with E-state index in [4.69, 9.17) is 4.74 Å². The first-order valence-corrected chi connectivity index (χ1v) is 8.09. The van der Waals surface area contributed by atoms with Crippen LogP contribution in [0.3, 0.4) is 0 Å². The SMILES string of the molecule is COC(CCSC)CNC(=O)NCc1cccs1. The first-order valence-electron chi connectivity index (χ1n) is 5.82. The van der Waals surface area contributed by atoms with Gasteiger partial charge in [0.1, 0.15) is 0 Å². The number of thioether (sulfide) groups is 1. The van der Waals surface area contributed by atoms with Gasteiger partial charge in [-0.2, -0.15) is 11.8 Å². The highest BCUT2D eigenvalue weighted by Gasteiger charge is 2.08. The minimum absolute atomic E-state index is 0.0879. The van der Waals surface area contributed by atoms with Crippen LogP contribution in [0.15, 0.2) is 17.5 Å². The van der Waals surface area contributed by atoms with Crippen LogP contribution in [0.25, 0.3) is 0 Å². The van der Waals surface area contributed by atoms with Gasteiger partial charge >= 0.3 is 6.03 Å². The summed E-state index contributed by atoms with van der Waals surface area (Å²) in [5, 5.41) is 7.64. The fourth-order valence-electron chi connectivity index (χ4n) is 1.40. The number of amides is 2. The Bertz CT molecular complexity index is 331. The summed E-state index contributed by atoms with van der Waals surface area (Å²) in [5.41, 5.74) is 0. The van der Waals surface area contributed by atoms with E-state index >= 15 is 0 Å². The predicted octanol–water partition coefficient (Wildman–Crippen LogP) is 2.32. The Balaban J connectivity index is 2.15. The highest BCUT2D eigenvalue weighted by Crippen LogP contribution is 2.07. The van der Waals surface area contributed by atoms with E-state index < -0.39 is 0 Å². The van der Waals surface area contributed by atoms with Gasteiger partial charge in [0.2, 0.25) is 0 Å². The van der Waals surface area contributed by atoms with E-state index in [9.17, 15) is 4.79 Å². The maximum atomic E-state index is 11.6. The molecule has 6 heteroatoms. The van der Waals surface area contributed by atoms with Gasteiger partial charge in [-0.15, -0.1) is 11.3 Å². The molecule has 1 aromatic rings. The molecule has 2 N–H and O–H groups in total. The summed E-state index contributed by atoms with van der Waals surface area (Å²) >= 11 is 3.42. The first kappa shape index (κ1) is 15.3. The van der Waals surface area contributed by atoms with E-state index in [1.54, 1.807) is 30.2 Å². The van der Waals surface area contributed by atoms with E-state index in [0.29, 0.717) is 13.1 Å². The molecule has 1 rings (SSSR count). The molecule has 0 bridgehead atoms. The fourth-order valence-corrected chi connectivity index (χ4v) is 2.55. The van der Waals surface area contributed by atoms with Gasteiger partial charge in [-0.05, 0) is 29.9 Å². The largest absolute Gasteiger partial charge is 0.380 e. The second-order valence-electron chi connectivity index (χ2n) is 3.78. The third-order valence-corrected chi connectivity index (χ3v) is 3.99. The Morgan fingerprint density at radius 3 is 3.00 bits per heavy atom. The number of carbonyl (C=O) groups excluding carboxylic acids is 1. The van der Waals surface area contributed by atoms with Gasteiger partial charge in [-0.1, -0.05) is 6.07 Å². The number of hydrogen-bond donors (Lipinski definition) is 2. The lowest BCUT2D eigenvalue weighted by molar-refractivity contribution is 0.101. The molecule has 1 atom stereocenters. The minimum Gasteiger partial charge on any atom is -0.380 e. The van der Waals surface area contributed by atoms with E-state index in [2.05, 4.69) is 16.9 Å². The van der Waals surface area contributed by atoms with Crippen LogP contribution in [0.5, 0.6) is 0 Å². The average molecular weight is 288 g/mol. The van der Waals surface area contributed by atoms with Crippen LogP contribution in [0.1, 0.15) is 11.3 Å². The van der Waals surface area contributed by atoms with Crippen LogP contribution in [-0.4, -0.2) is 37.8 Å². The second kappa shape index (κ2) is 9.24. The molecule has 18 heavy (non-hydrogen) atoms. The van der Waals surface area contributed by atoms with Crippen molar-refractivity contribution < 1.29 is 9.53 Å². The summed E-state index contributed by atoms with van der Waals surface area (Å²) in [6.45, 7) is 1.12. The smallest absolute Gasteiger partial charge is 0.315 e. The summed E-state index contributed by atoms with van der Waals surface area (Å²) < 4.78 is 5.30. The summed E-state index contributed by atoms with van der Waals surface area (Å²) in [5.74, 6) is 1.04. The average Bonchev–Trinajstić information content (AvgIpc) is 2.89. The molecule has 1 unspecified atom stereocenters.